The standard InChI is InChI=1S/C12H18N4O/c1-8-5-11(9(2)16-15-8)12(17)14-7-10-3-4-13-6-10/h5,10,13H,3-4,6-7H2,1-2H3,(H,14,17). The zero-order valence-electron chi connectivity index (χ0n) is 10.3. The Morgan fingerprint density at radius 3 is 3.06 bits per heavy atom. The van der Waals surface area contributed by atoms with Crippen molar-refractivity contribution >= 4 is 5.91 Å². The molecule has 1 saturated heterocycles. The molecule has 0 radical (unpaired) electrons. The van der Waals surface area contributed by atoms with Crippen LogP contribution in [0, 0.1) is 19.8 Å². The highest BCUT2D eigenvalue weighted by atomic mass is 16.1. The molecular weight excluding hydrogens is 216 g/mol. The van der Waals surface area contributed by atoms with Gasteiger partial charge in [-0.15, -0.1) is 0 Å². The molecule has 2 rings (SSSR count). The lowest BCUT2D eigenvalue weighted by molar-refractivity contribution is 0.0947. The minimum Gasteiger partial charge on any atom is -0.352 e. The van der Waals surface area contributed by atoms with E-state index in [0.717, 1.165) is 31.7 Å². The Hall–Kier alpha value is -1.49. The second-order valence-electron chi connectivity index (χ2n) is 4.55. The zero-order chi connectivity index (χ0) is 12.3. The second kappa shape index (κ2) is 5.23. The maximum absolute atomic E-state index is 12.0. The van der Waals surface area contributed by atoms with E-state index >= 15 is 0 Å². The number of hydrogen-bond acceptors (Lipinski definition) is 4. The lowest BCUT2D eigenvalue weighted by Gasteiger charge is -2.11. The third kappa shape index (κ3) is 3.00. The molecule has 0 saturated carbocycles. The molecule has 0 bridgehead atoms. The quantitative estimate of drug-likeness (QED) is 0.796. The fourth-order valence-corrected chi connectivity index (χ4v) is 2.00. The average Bonchev–Trinajstić information content (AvgIpc) is 2.82. The monoisotopic (exact) mass is 234 g/mol. The van der Waals surface area contributed by atoms with Crippen molar-refractivity contribution in [2.75, 3.05) is 19.6 Å². The lowest BCUT2D eigenvalue weighted by atomic mass is 10.1. The minimum absolute atomic E-state index is 0.0487. The van der Waals surface area contributed by atoms with Gasteiger partial charge in [0, 0.05) is 6.54 Å². The normalized spacial score (nSPS) is 19.3. The van der Waals surface area contributed by atoms with Crippen LogP contribution in [0.1, 0.15) is 28.2 Å². The first-order chi connectivity index (χ1) is 8.16. The Balaban J connectivity index is 1.96. The summed E-state index contributed by atoms with van der Waals surface area (Å²) in [5.41, 5.74) is 2.07. The largest absolute Gasteiger partial charge is 0.352 e. The van der Waals surface area contributed by atoms with Gasteiger partial charge in [0.2, 0.25) is 0 Å². The zero-order valence-corrected chi connectivity index (χ0v) is 10.3. The second-order valence-corrected chi connectivity index (χ2v) is 4.55. The van der Waals surface area contributed by atoms with Gasteiger partial charge in [-0.25, -0.2) is 0 Å². The molecule has 1 aromatic rings. The molecule has 1 aromatic heterocycles. The van der Waals surface area contributed by atoms with Crippen LogP contribution in [0.25, 0.3) is 0 Å². The molecule has 1 atom stereocenters. The van der Waals surface area contributed by atoms with E-state index in [1.807, 2.05) is 6.92 Å². The predicted octanol–water partition coefficient (Wildman–Crippen LogP) is 0.433. The fraction of sp³-hybridized carbons (Fsp3) is 0.583. The fourth-order valence-electron chi connectivity index (χ4n) is 2.00. The predicted molar refractivity (Wildman–Crippen MR) is 64.8 cm³/mol. The minimum atomic E-state index is -0.0487. The number of carbonyl (C=O) groups is 1. The molecule has 17 heavy (non-hydrogen) atoms. The molecular formula is C12H18N4O. The van der Waals surface area contributed by atoms with Crippen molar-refractivity contribution in [3.05, 3.63) is 23.0 Å². The molecule has 0 aromatic carbocycles. The molecule has 5 nitrogen and oxygen atoms in total. The molecule has 1 aliphatic rings. The number of hydrogen-bond donors (Lipinski definition) is 2. The van der Waals surface area contributed by atoms with Gasteiger partial charge >= 0.3 is 0 Å². The first-order valence-electron chi connectivity index (χ1n) is 5.96. The van der Waals surface area contributed by atoms with Crippen LogP contribution in [0.3, 0.4) is 0 Å². The summed E-state index contributed by atoms with van der Waals surface area (Å²) in [5, 5.41) is 14.1. The van der Waals surface area contributed by atoms with Crippen LogP contribution < -0.4 is 10.6 Å². The number of nitrogens with zero attached hydrogens (tertiary/aromatic N) is 2. The Kier molecular flexibility index (Phi) is 3.68. The van der Waals surface area contributed by atoms with Crippen LogP contribution >= 0.6 is 0 Å². The van der Waals surface area contributed by atoms with Crippen molar-refractivity contribution < 1.29 is 4.79 Å². The highest BCUT2D eigenvalue weighted by Gasteiger charge is 2.17. The third-order valence-electron chi connectivity index (χ3n) is 3.06. The van der Waals surface area contributed by atoms with E-state index in [2.05, 4.69) is 20.8 Å². The highest BCUT2D eigenvalue weighted by molar-refractivity contribution is 5.95. The van der Waals surface area contributed by atoms with Crippen molar-refractivity contribution in [3.63, 3.8) is 0 Å². The lowest BCUT2D eigenvalue weighted by Crippen LogP contribution is -2.31. The van der Waals surface area contributed by atoms with E-state index in [4.69, 9.17) is 0 Å². The Morgan fingerprint density at radius 1 is 1.53 bits per heavy atom. The van der Waals surface area contributed by atoms with Gasteiger partial charge < -0.3 is 10.6 Å². The molecule has 92 valence electrons. The molecule has 1 aliphatic heterocycles. The van der Waals surface area contributed by atoms with Crippen LogP contribution in [0.4, 0.5) is 0 Å². The summed E-state index contributed by atoms with van der Waals surface area (Å²) in [6, 6.07) is 1.78. The van der Waals surface area contributed by atoms with Crippen molar-refractivity contribution in [1.29, 1.82) is 0 Å². The topological polar surface area (TPSA) is 66.9 Å². The molecule has 0 spiro atoms. The number of carbonyl (C=O) groups excluding carboxylic acids is 1. The van der Waals surface area contributed by atoms with Gasteiger partial charge in [0.05, 0.1) is 17.0 Å². The maximum atomic E-state index is 12.0. The van der Waals surface area contributed by atoms with Crippen LogP contribution in [0.2, 0.25) is 0 Å². The number of aromatic nitrogens is 2. The van der Waals surface area contributed by atoms with Crippen LogP contribution in [-0.4, -0.2) is 35.7 Å². The van der Waals surface area contributed by atoms with Gasteiger partial charge in [0.25, 0.3) is 5.91 Å². The molecule has 1 amide bonds. The van der Waals surface area contributed by atoms with Crippen molar-refractivity contribution in [2.24, 2.45) is 5.92 Å². The van der Waals surface area contributed by atoms with Crippen LogP contribution in [0.15, 0.2) is 6.07 Å². The number of rotatable bonds is 3. The summed E-state index contributed by atoms with van der Waals surface area (Å²) in [4.78, 5) is 12.0. The van der Waals surface area contributed by atoms with Gasteiger partial charge in [0.1, 0.15) is 0 Å². The summed E-state index contributed by atoms with van der Waals surface area (Å²) >= 11 is 0. The van der Waals surface area contributed by atoms with Gasteiger partial charge in [-0.05, 0) is 45.3 Å². The molecule has 0 aliphatic carbocycles. The summed E-state index contributed by atoms with van der Waals surface area (Å²) in [6.07, 6.45) is 1.13. The average molecular weight is 234 g/mol. The number of nitrogens with one attached hydrogen (secondary N) is 2. The van der Waals surface area contributed by atoms with Crippen molar-refractivity contribution in [1.82, 2.24) is 20.8 Å². The molecule has 5 heteroatoms. The summed E-state index contributed by atoms with van der Waals surface area (Å²) < 4.78 is 0. The molecule has 1 fully saturated rings. The highest BCUT2D eigenvalue weighted by Crippen LogP contribution is 2.08. The van der Waals surface area contributed by atoms with E-state index in [-0.39, 0.29) is 5.91 Å². The van der Waals surface area contributed by atoms with E-state index in [1.54, 1.807) is 13.0 Å². The summed E-state index contributed by atoms with van der Waals surface area (Å²) in [6.45, 7) is 6.41. The SMILES string of the molecule is Cc1cc(C(=O)NCC2CCNC2)c(C)nn1. The van der Waals surface area contributed by atoms with Crippen LogP contribution in [0.5, 0.6) is 0 Å². The number of aryl methyl sites for hydroxylation is 2. The van der Waals surface area contributed by atoms with E-state index in [1.165, 1.54) is 0 Å². The molecule has 2 N–H and O–H groups in total. The van der Waals surface area contributed by atoms with Gasteiger partial charge in [-0.3, -0.25) is 4.79 Å². The first kappa shape index (κ1) is 12.0. The van der Waals surface area contributed by atoms with E-state index in [0.29, 0.717) is 17.2 Å². The smallest absolute Gasteiger partial charge is 0.253 e. The van der Waals surface area contributed by atoms with Crippen molar-refractivity contribution in [3.8, 4) is 0 Å². The van der Waals surface area contributed by atoms with Gasteiger partial charge in [-0.2, -0.15) is 10.2 Å². The maximum Gasteiger partial charge on any atom is 0.253 e. The van der Waals surface area contributed by atoms with E-state index in [9.17, 15) is 4.79 Å². The van der Waals surface area contributed by atoms with E-state index < -0.39 is 0 Å². The Labute approximate surface area is 101 Å². The molecule has 1 unspecified atom stereocenters. The summed E-state index contributed by atoms with van der Waals surface area (Å²) in [7, 11) is 0. The number of amides is 1. The Bertz CT molecular complexity index is 413. The summed E-state index contributed by atoms with van der Waals surface area (Å²) in [5.74, 6) is 0.502. The van der Waals surface area contributed by atoms with Crippen molar-refractivity contribution in [2.45, 2.75) is 20.3 Å². The van der Waals surface area contributed by atoms with Gasteiger partial charge in [-0.1, -0.05) is 0 Å². The first-order valence-corrected chi connectivity index (χ1v) is 5.96. The third-order valence-corrected chi connectivity index (χ3v) is 3.06. The van der Waals surface area contributed by atoms with Crippen LogP contribution in [-0.2, 0) is 0 Å². The molecule has 2 heterocycles. The Morgan fingerprint density at radius 2 is 2.35 bits per heavy atom. The van der Waals surface area contributed by atoms with Gasteiger partial charge in [0.15, 0.2) is 0 Å².